The number of benzene rings is 2. The lowest BCUT2D eigenvalue weighted by Gasteiger charge is -2.07. The fourth-order valence-corrected chi connectivity index (χ4v) is 2.64. The average molecular weight is 366 g/mol. The van der Waals surface area contributed by atoms with E-state index in [1.54, 1.807) is 0 Å². The Morgan fingerprint density at radius 3 is 1.56 bits per heavy atom. The van der Waals surface area contributed by atoms with E-state index in [-0.39, 0.29) is 0 Å². The molecule has 138 valence electrons. The molecule has 2 aromatic rings. The number of aliphatic hydroxyl groups is 2. The molecule has 0 spiro atoms. The normalized spacial score (nSPS) is 20.9. The predicted molar refractivity (Wildman–Crippen MR) is 97.8 cm³/mol. The van der Waals surface area contributed by atoms with Crippen molar-refractivity contribution in [3.8, 4) is 0 Å². The third-order valence-corrected chi connectivity index (χ3v) is 4.03. The summed E-state index contributed by atoms with van der Waals surface area (Å²) < 4.78 is 9.13. The Morgan fingerprint density at radius 2 is 1.15 bits per heavy atom. The zero-order valence-corrected chi connectivity index (χ0v) is 14.5. The summed E-state index contributed by atoms with van der Waals surface area (Å²) >= 11 is 0. The summed E-state index contributed by atoms with van der Waals surface area (Å²) in [5.41, 5.74) is 3.80. The van der Waals surface area contributed by atoms with Crippen LogP contribution in [0.1, 0.15) is 16.7 Å². The molecule has 2 unspecified atom stereocenters. The first-order valence-electron chi connectivity index (χ1n) is 8.27. The highest BCUT2D eigenvalue weighted by Crippen LogP contribution is 2.25. The van der Waals surface area contributed by atoms with Crippen molar-refractivity contribution in [1.29, 1.82) is 0 Å². The van der Waals surface area contributed by atoms with Crippen LogP contribution >= 0.6 is 0 Å². The van der Waals surface area contributed by atoms with Crippen molar-refractivity contribution in [1.82, 2.24) is 0 Å². The topological polar surface area (TPSA) is 93.1 Å². The molecule has 2 heterocycles. The number of cyclic esters (lactones) is 2. The number of aliphatic hydroxyl groups excluding tert-OH is 2. The van der Waals surface area contributed by atoms with Crippen LogP contribution in [-0.2, 0) is 19.1 Å². The molecule has 2 aromatic carbocycles. The molecule has 0 saturated heterocycles. The standard InChI is InChI=1S/C11H10O3.C10H8O3/c1-7-2-4-8(5-3-7)9-6-10(12)14-11(9)13;11-9-6-8(10(12)13-9)7-4-2-1-3-5-7/h2-6,11,13H,1H3;1-6,10,12H. The van der Waals surface area contributed by atoms with Crippen LogP contribution in [0.3, 0.4) is 0 Å². The zero-order chi connectivity index (χ0) is 19.4. The van der Waals surface area contributed by atoms with E-state index in [4.69, 9.17) is 0 Å². The summed E-state index contributed by atoms with van der Waals surface area (Å²) in [5.74, 6) is -0.987. The van der Waals surface area contributed by atoms with E-state index in [2.05, 4.69) is 9.47 Å². The number of esters is 2. The van der Waals surface area contributed by atoms with Gasteiger partial charge in [0.2, 0.25) is 12.6 Å². The minimum Gasteiger partial charge on any atom is -0.428 e. The van der Waals surface area contributed by atoms with Gasteiger partial charge in [-0.15, -0.1) is 0 Å². The lowest BCUT2D eigenvalue weighted by Crippen LogP contribution is -2.09. The van der Waals surface area contributed by atoms with Gasteiger partial charge in [-0.05, 0) is 18.1 Å². The van der Waals surface area contributed by atoms with Gasteiger partial charge in [-0.3, -0.25) is 0 Å². The maximum absolute atomic E-state index is 10.8. The van der Waals surface area contributed by atoms with Gasteiger partial charge in [-0.2, -0.15) is 0 Å². The maximum Gasteiger partial charge on any atom is 0.333 e. The Bertz CT molecular complexity index is 896. The van der Waals surface area contributed by atoms with Crippen molar-refractivity contribution < 1.29 is 29.3 Å². The first kappa shape index (κ1) is 18.6. The summed E-state index contributed by atoms with van der Waals surface area (Å²) in [6, 6.07) is 16.7. The van der Waals surface area contributed by atoms with Crippen molar-refractivity contribution >= 4 is 23.1 Å². The molecule has 0 amide bonds. The van der Waals surface area contributed by atoms with Crippen LogP contribution in [0, 0.1) is 6.92 Å². The zero-order valence-electron chi connectivity index (χ0n) is 14.5. The van der Waals surface area contributed by atoms with Gasteiger partial charge in [-0.1, -0.05) is 60.2 Å². The van der Waals surface area contributed by atoms with Crippen LogP contribution < -0.4 is 0 Å². The highest BCUT2D eigenvalue weighted by Gasteiger charge is 2.25. The van der Waals surface area contributed by atoms with Gasteiger partial charge in [-0.25, -0.2) is 9.59 Å². The SMILES string of the molecule is Cc1ccc(C2=CC(=O)OC2O)cc1.O=C1C=C(c2ccccc2)C(O)O1. The van der Waals surface area contributed by atoms with Crippen molar-refractivity contribution in [2.75, 3.05) is 0 Å². The molecule has 0 saturated carbocycles. The molecule has 6 nitrogen and oxygen atoms in total. The fourth-order valence-electron chi connectivity index (χ4n) is 2.64. The Balaban J connectivity index is 0.000000156. The van der Waals surface area contributed by atoms with Gasteiger partial charge < -0.3 is 19.7 Å². The molecule has 2 atom stereocenters. The van der Waals surface area contributed by atoms with Gasteiger partial charge in [0.15, 0.2) is 0 Å². The third-order valence-electron chi connectivity index (χ3n) is 4.03. The second-order valence-corrected chi connectivity index (χ2v) is 6.01. The molecule has 0 fully saturated rings. The highest BCUT2D eigenvalue weighted by molar-refractivity contribution is 5.97. The third kappa shape index (κ3) is 4.49. The van der Waals surface area contributed by atoms with Crippen molar-refractivity contribution in [3.05, 3.63) is 83.4 Å². The Kier molecular flexibility index (Phi) is 5.49. The second-order valence-electron chi connectivity index (χ2n) is 6.01. The van der Waals surface area contributed by atoms with Gasteiger partial charge in [0.05, 0.1) is 0 Å². The lowest BCUT2D eigenvalue weighted by molar-refractivity contribution is -0.150. The Hall–Kier alpha value is -3.22. The number of carbonyl (C=O) groups is 2. The number of carbonyl (C=O) groups excluding carboxylic acids is 2. The lowest BCUT2D eigenvalue weighted by atomic mass is 10.0. The van der Waals surface area contributed by atoms with Crippen LogP contribution in [0.4, 0.5) is 0 Å². The van der Waals surface area contributed by atoms with E-state index >= 15 is 0 Å². The highest BCUT2D eigenvalue weighted by atomic mass is 16.6. The molecule has 27 heavy (non-hydrogen) atoms. The summed E-state index contributed by atoms with van der Waals surface area (Å²) in [5, 5.41) is 18.7. The predicted octanol–water partition coefficient (Wildman–Crippen LogP) is 2.20. The number of rotatable bonds is 2. The molecule has 6 heteroatoms. The molecular weight excluding hydrogens is 348 g/mol. The first-order valence-corrected chi connectivity index (χ1v) is 8.27. The summed E-state index contributed by atoms with van der Waals surface area (Å²) in [7, 11) is 0. The van der Waals surface area contributed by atoms with E-state index in [9.17, 15) is 19.8 Å². The smallest absolute Gasteiger partial charge is 0.333 e. The van der Waals surface area contributed by atoms with E-state index in [0.29, 0.717) is 11.1 Å². The maximum atomic E-state index is 10.8. The van der Waals surface area contributed by atoms with Crippen molar-refractivity contribution in [3.63, 3.8) is 0 Å². The average Bonchev–Trinajstić information content (AvgIpc) is 3.17. The minimum atomic E-state index is -1.12. The van der Waals surface area contributed by atoms with Gasteiger partial charge >= 0.3 is 11.9 Å². The summed E-state index contributed by atoms with van der Waals surface area (Å²) in [4.78, 5) is 21.6. The van der Waals surface area contributed by atoms with Crippen molar-refractivity contribution in [2.24, 2.45) is 0 Å². The van der Waals surface area contributed by atoms with E-state index in [1.165, 1.54) is 12.2 Å². The monoisotopic (exact) mass is 366 g/mol. The first-order chi connectivity index (χ1) is 12.9. The molecule has 0 bridgehead atoms. The van der Waals surface area contributed by atoms with Gasteiger partial charge in [0.1, 0.15) is 0 Å². The Labute approximate surface area is 156 Å². The second kappa shape index (κ2) is 7.99. The fraction of sp³-hybridized carbons (Fsp3) is 0.143. The molecule has 0 radical (unpaired) electrons. The minimum absolute atomic E-state index is 0.493. The van der Waals surface area contributed by atoms with E-state index < -0.39 is 24.5 Å². The molecule has 0 aromatic heterocycles. The number of hydrogen-bond donors (Lipinski definition) is 2. The molecule has 2 aliphatic heterocycles. The number of hydrogen-bond acceptors (Lipinski definition) is 6. The van der Waals surface area contributed by atoms with Gasteiger partial charge in [0.25, 0.3) is 0 Å². The molecule has 0 aliphatic carbocycles. The van der Waals surface area contributed by atoms with E-state index in [1.807, 2.05) is 61.5 Å². The number of ether oxygens (including phenoxy) is 2. The number of aryl methyl sites for hydroxylation is 1. The molecule has 2 N–H and O–H groups in total. The largest absolute Gasteiger partial charge is 0.428 e. The quantitative estimate of drug-likeness (QED) is 0.792. The van der Waals surface area contributed by atoms with Crippen LogP contribution in [0.25, 0.3) is 11.1 Å². The van der Waals surface area contributed by atoms with Crippen molar-refractivity contribution in [2.45, 2.75) is 19.5 Å². The summed E-state index contributed by atoms with van der Waals surface area (Å²) in [6.45, 7) is 1.98. The molecular formula is C21H18O6. The van der Waals surface area contributed by atoms with Crippen LogP contribution in [0.15, 0.2) is 66.7 Å². The van der Waals surface area contributed by atoms with Crippen LogP contribution in [0.2, 0.25) is 0 Å². The van der Waals surface area contributed by atoms with E-state index in [0.717, 1.165) is 16.7 Å². The summed E-state index contributed by atoms with van der Waals surface area (Å²) in [6.07, 6.45) is 0.384. The molecule has 2 aliphatic rings. The molecule has 4 rings (SSSR count). The van der Waals surface area contributed by atoms with Crippen LogP contribution in [0.5, 0.6) is 0 Å². The Morgan fingerprint density at radius 1 is 0.704 bits per heavy atom. The van der Waals surface area contributed by atoms with Crippen LogP contribution in [-0.4, -0.2) is 34.7 Å². The van der Waals surface area contributed by atoms with Gasteiger partial charge in [0, 0.05) is 23.3 Å².